The van der Waals surface area contributed by atoms with Gasteiger partial charge >= 0.3 is 0 Å². The largest absolute Gasteiger partial charge is 0.457 e. The third-order valence-electron chi connectivity index (χ3n) is 10.0. The molecule has 1 nitrogen and oxygen atoms in total. The van der Waals surface area contributed by atoms with E-state index in [1.165, 1.54) is 204 Å². The second-order valence-corrected chi connectivity index (χ2v) is 14.8. The number of aryl methyl sites for hydroxylation is 2. The van der Waals surface area contributed by atoms with Gasteiger partial charge < -0.3 is 4.74 Å². The molecule has 2 rings (SSSR count). The van der Waals surface area contributed by atoms with Gasteiger partial charge in [-0.1, -0.05) is 178 Å². The summed E-state index contributed by atoms with van der Waals surface area (Å²) < 4.78 is 6.15. The highest BCUT2D eigenvalue weighted by Gasteiger charge is 2.01. The highest BCUT2D eigenvalue weighted by molar-refractivity contribution is 5.34. The Morgan fingerprint density at radius 1 is 0.327 bits per heavy atom. The molecule has 0 heterocycles. The average molecular weight is 671 g/mol. The minimum Gasteiger partial charge on any atom is -0.457 e. The van der Waals surface area contributed by atoms with Crippen LogP contribution in [0.25, 0.3) is 0 Å². The molecule has 0 radical (unpaired) electrons. The Kier molecular flexibility index (Phi) is 28.8. The third kappa shape index (κ3) is 26.2. The van der Waals surface area contributed by atoms with Crippen LogP contribution in [0.1, 0.15) is 205 Å². The van der Waals surface area contributed by atoms with Gasteiger partial charge in [0.05, 0.1) is 0 Å². The van der Waals surface area contributed by atoms with Crippen molar-refractivity contribution in [3.05, 3.63) is 84.0 Å². The Morgan fingerprint density at radius 2 is 0.592 bits per heavy atom. The van der Waals surface area contributed by atoms with Crippen molar-refractivity contribution in [3.63, 3.8) is 0 Å². The van der Waals surface area contributed by atoms with Gasteiger partial charge in [0.15, 0.2) is 0 Å². The van der Waals surface area contributed by atoms with Gasteiger partial charge in [0, 0.05) is 0 Å². The Hall–Kier alpha value is -2.28. The maximum atomic E-state index is 6.15. The summed E-state index contributed by atoms with van der Waals surface area (Å²) >= 11 is 0. The van der Waals surface area contributed by atoms with Crippen LogP contribution in [0.4, 0.5) is 0 Å². The first-order chi connectivity index (χ1) is 24.3. The second-order valence-electron chi connectivity index (χ2n) is 14.8. The lowest BCUT2D eigenvalue weighted by Crippen LogP contribution is -1.90. The highest BCUT2D eigenvalue weighted by atomic mass is 16.5. The van der Waals surface area contributed by atoms with E-state index in [4.69, 9.17) is 4.74 Å². The first kappa shape index (κ1) is 42.9. The molecule has 2 aromatic carbocycles. The molecule has 0 spiro atoms. The van der Waals surface area contributed by atoms with Crippen LogP contribution < -0.4 is 4.74 Å². The minimum atomic E-state index is 0.936. The fourth-order valence-electron chi connectivity index (χ4n) is 6.74. The fraction of sp³-hybridized carbons (Fsp3) is 0.667. The van der Waals surface area contributed by atoms with Crippen LogP contribution in [-0.4, -0.2) is 0 Å². The van der Waals surface area contributed by atoms with Crippen LogP contribution in [0.5, 0.6) is 11.5 Å². The van der Waals surface area contributed by atoms with E-state index in [-0.39, 0.29) is 0 Å². The molecule has 2 aromatic rings. The number of allylic oxidation sites excluding steroid dienone is 4. The summed E-state index contributed by atoms with van der Waals surface area (Å²) in [5, 5.41) is 0. The van der Waals surface area contributed by atoms with Gasteiger partial charge in [0.25, 0.3) is 0 Å². The second kappa shape index (κ2) is 32.9. The third-order valence-corrected chi connectivity index (χ3v) is 10.0. The van der Waals surface area contributed by atoms with Crippen LogP contribution in [-0.2, 0) is 12.8 Å². The van der Waals surface area contributed by atoms with Crippen LogP contribution in [0.3, 0.4) is 0 Å². The first-order valence-corrected chi connectivity index (χ1v) is 21.5. The van der Waals surface area contributed by atoms with Gasteiger partial charge in [-0.05, 0) is 112 Å². The SMILES string of the molecule is CCCCCCCC/C=C\CCCCCCCCc1ccc(Oc2ccc(CCCCCCCC/C=C\CCCCCCCC)cc2)cc1. The van der Waals surface area contributed by atoms with E-state index in [2.05, 4.69) is 86.7 Å². The van der Waals surface area contributed by atoms with Crippen molar-refractivity contribution < 1.29 is 4.74 Å². The highest BCUT2D eigenvalue weighted by Crippen LogP contribution is 2.24. The Morgan fingerprint density at radius 3 is 0.898 bits per heavy atom. The number of ether oxygens (including phenoxy) is 1. The smallest absolute Gasteiger partial charge is 0.127 e. The number of hydrogen-bond acceptors (Lipinski definition) is 1. The summed E-state index contributed by atoms with van der Waals surface area (Å²) in [5.41, 5.74) is 2.85. The quantitative estimate of drug-likeness (QED) is 0.0532. The number of rotatable bonds is 34. The van der Waals surface area contributed by atoms with Gasteiger partial charge in [-0.3, -0.25) is 0 Å². The van der Waals surface area contributed by atoms with E-state index in [0.29, 0.717) is 0 Å². The molecule has 0 fully saturated rings. The summed E-state index contributed by atoms with van der Waals surface area (Å²) in [6.07, 6.45) is 50.2. The molecule has 1 heteroatoms. The van der Waals surface area contributed by atoms with Crippen LogP contribution in [0.15, 0.2) is 72.8 Å². The zero-order valence-corrected chi connectivity index (χ0v) is 32.5. The van der Waals surface area contributed by atoms with E-state index < -0.39 is 0 Å². The molecule has 0 unspecified atom stereocenters. The zero-order valence-electron chi connectivity index (χ0n) is 32.5. The molecule has 0 aliphatic rings. The molecule has 0 N–H and O–H groups in total. The molecule has 0 aliphatic heterocycles. The fourth-order valence-corrected chi connectivity index (χ4v) is 6.74. The maximum Gasteiger partial charge on any atom is 0.127 e. The summed E-state index contributed by atoms with van der Waals surface area (Å²) in [7, 11) is 0. The molecule has 0 bridgehead atoms. The molecule has 0 amide bonds. The zero-order chi connectivity index (χ0) is 34.7. The standard InChI is InChI=1S/C48H78O/c1-3-5-7-9-11-13-15-17-19-21-23-25-27-29-31-33-35-45-37-41-47(42-38-45)49-48-43-39-46(40-44-48)36-34-32-30-28-26-24-22-20-18-16-14-12-10-8-6-4-2/h17-20,37-44H,3-16,21-36H2,1-2H3/b19-17-,20-18-. The molecular formula is C48H78O. The van der Waals surface area contributed by atoms with E-state index in [0.717, 1.165) is 11.5 Å². The summed E-state index contributed by atoms with van der Waals surface area (Å²) in [6.45, 7) is 4.58. The van der Waals surface area contributed by atoms with Crippen molar-refractivity contribution in [1.82, 2.24) is 0 Å². The van der Waals surface area contributed by atoms with Crippen LogP contribution in [0.2, 0.25) is 0 Å². The molecule has 0 atom stereocenters. The van der Waals surface area contributed by atoms with Gasteiger partial charge in [0.2, 0.25) is 0 Å². The number of hydrogen-bond donors (Lipinski definition) is 0. The van der Waals surface area contributed by atoms with Crippen molar-refractivity contribution in [2.45, 2.75) is 206 Å². The Balaban J connectivity index is 1.41. The van der Waals surface area contributed by atoms with E-state index >= 15 is 0 Å². The summed E-state index contributed by atoms with van der Waals surface area (Å²) in [5.74, 6) is 1.87. The van der Waals surface area contributed by atoms with Gasteiger partial charge in [-0.25, -0.2) is 0 Å². The van der Waals surface area contributed by atoms with Crippen molar-refractivity contribution in [2.75, 3.05) is 0 Å². The molecule has 276 valence electrons. The number of benzene rings is 2. The van der Waals surface area contributed by atoms with E-state index in [9.17, 15) is 0 Å². The lowest BCUT2D eigenvalue weighted by atomic mass is 10.0. The molecule has 49 heavy (non-hydrogen) atoms. The predicted molar refractivity (Wildman–Crippen MR) is 219 cm³/mol. The molecule has 0 saturated heterocycles. The van der Waals surface area contributed by atoms with Crippen molar-refractivity contribution in [2.24, 2.45) is 0 Å². The molecule has 0 aromatic heterocycles. The van der Waals surface area contributed by atoms with Crippen LogP contribution in [0, 0.1) is 0 Å². The minimum absolute atomic E-state index is 0.936. The maximum absolute atomic E-state index is 6.15. The predicted octanol–water partition coefficient (Wildman–Crippen LogP) is 16.6. The lowest BCUT2D eigenvalue weighted by Gasteiger charge is -2.08. The molecule has 0 aliphatic carbocycles. The normalized spacial score (nSPS) is 11.7. The monoisotopic (exact) mass is 671 g/mol. The average Bonchev–Trinajstić information content (AvgIpc) is 3.12. The molecule has 0 saturated carbocycles. The first-order valence-electron chi connectivity index (χ1n) is 21.5. The topological polar surface area (TPSA) is 9.23 Å². The van der Waals surface area contributed by atoms with Crippen molar-refractivity contribution in [3.8, 4) is 11.5 Å². The van der Waals surface area contributed by atoms with Gasteiger partial charge in [-0.15, -0.1) is 0 Å². The van der Waals surface area contributed by atoms with Crippen LogP contribution >= 0.6 is 0 Å². The van der Waals surface area contributed by atoms with Gasteiger partial charge in [0.1, 0.15) is 11.5 Å². The van der Waals surface area contributed by atoms with E-state index in [1.54, 1.807) is 0 Å². The Labute approximate surface area is 305 Å². The number of unbranched alkanes of at least 4 members (excludes halogenated alkanes) is 24. The van der Waals surface area contributed by atoms with Gasteiger partial charge in [-0.2, -0.15) is 0 Å². The summed E-state index contributed by atoms with van der Waals surface area (Å²) in [6, 6.07) is 17.5. The lowest BCUT2D eigenvalue weighted by molar-refractivity contribution is 0.482. The van der Waals surface area contributed by atoms with E-state index in [1.807, 2.05) is 0 Å². The van der Waals surface area contributed by atoms with Crippen molar-refractivity contribution in [1.29, 1.82) is 0 Å². The Bertz CT molecular complexity index is 931. The summed E-state index contributed by atoms with van der Waals surface area (Å²) in [4.78, 5) is 0. The molecular weight excluding hydrogens is 593 g/mol. The van der Waals surface area contributed by atoms with Crippen molar-refractivity contribution >= 4 is 0 Å².